The molecule has 1 aromatic carbocycles. The number of nitrogens with zero attached hydrogens (tertiary/aromatic N) is 1. The summed E-state index contributed by atoms with van der Waals surface area (Å²) in [6.07, 6.45) is 0. The zero-order valence-electron chi connectivity index (χ0n) is 8.00. The lowest BCUT2D eigenvalue weighted by atomic mass is 10.4. The second-order valence-corrected chi connectivity index (χ2v) is 6.93. The Morgan fingerprint density at radius 3 is 2.87 bits per heavy atom. The molecule has 0 bridgehead atoms. The first-order chi connectivity index (χ1) is 7.13. The molecule has 2 rings (SSSR count). The van der Waals surface area contributed by atoms with Crippen molar-refractivity contribution in [1.29, 1.82) is 0 Å². The van der Waals surface area contributed by atoms with Crippen molar-refractivity contribution in [3.05, 3.63) is 24.3 Å². The van der Waals surface area contributed by atoms with Crippen molar-refractivity contribution in [2.75, 3.05) is 5.75 Å². The Morgan fingerprint density at radius 1 is 1.40 bits per heavy atom. The van der Waals surface area contributed by atoms with E-state index in [9.17, 15) is 8.42 Å². The SMILES string of the molecule is CCSC1=NS(=O)(=O)c2ccccc2S1. The van der Waals surface area contributed by atoms with E-state index in [0.29, 0.717) is 9.27 Å². The highest BCUT2D eigenvalue weighted by Crippen LogP contribution is 2.37. The second kappa shape index (κ2) is 4.19. The van der Waals surface area contributed by atoms with Crippen LogP contribution in [0.4, 0.5) is 0 Å². The summed E-state index contributed by atoms with van der Waals surface area (Å²) in [4.78, 5) is 1.08. The van der Waals surface area contributed by atoms with E-state index < -0.39 is 10.0 Å². The molecule has 0 unspecified atom stereocenters. The van der Waals surface area contributed by atoms with Crippen molar-refractivity contribution in [2.24, 2.45) is 4.40 Å². The molecule has 0 saturated carbocycles. The first kappa shape index (κ1) is 11.0. The van der Waals surface area contributed by atoms with Crippen LogP contribution < -0.4 is 0 Å². The number of thioether (sulfide) groups is 2. The quantitative estimate of drug-likeness (QED) is 0.777. The van der Waals surface area contributed by atoms with Gasteiger partial charge in [0.25, 0.3) is 10.0 Å². The molecule has 0 saturated heterocycles. The molecule has 1 heterocycles. The van der Waals surface area contributed by atoms with Crippen LogP contribution in [-0.4, -0.2) is 18.5 Å². The van der Waals surface area contributed by atoms with Gasteiger partial charge >= 0.3 is 0 Å². The van der Waals surface area contributed by atoms with Gasteiger partial charge in [-0.2, -0.15) is 8.42 Å². The van der Waals surface area contributed by atoms with Crippen molar-refractivity contribution < 1.29 is 8.42 Å². The van der Waals surface area contributed by atoms with Crippen LogP contribution in [0.2, 0.25) is 0 Å². The van der Waals surface area contributed by atoms with Gasteiger partial charge in [0.1, 0.15) is 9.27 Å². The normalized spacial score (nSPS) is 18.1. The van der Waals surface area contributed by atoms with E-state index in [-0.39, 0.29) is 0 Å². The van der Waals surface area contributed by atoms with Gasteiger partial charge in [0.05, 0.1) is 0 Å². The van der Waals surface area contributed by atoms with Crippen LogP contribution in [0.15, 0.2) is 38.5 Å². The van der Waals surface area contributed by atoms with Crippen molar-refractivity contribution in [3.8, 4) is 0 Å². The van der Waals surface area contributed by atoms with Gasteiger partial charge in [0.15, 0.2) is 0 Å². The predicted octanol–water partition coefficient (Wildman–Crippen LogP) is 2.59. The second-order valence-electron chi connectivity index (χ2n) is 2.81. The third-order valence-corrected chi connectivity index (χ3v) is 5.55. The molecule has 0 atom stereocenters. The summed E-state index contributed by atoms with van der Waals surface area (Å²) in [5, 5.41) is 0. The predicted molar refractivity (Wildman–Crippen MR) is 65.1 cm³/mol. The van der Waals surface area contributed by atoms with Crippen LogP contribution in [-0.2, 0) is 10.0 Å². The molecule has 80 valence electrons. The Balaban J connectivity index is 2.50. The third kappa shape index (κ3) is 2.21. The average Bonchev–Trinajstić information content (AvgIpc) is 2.17. The minimum absolute atomic E-state index is 0.315. The van der Waals surface area contributed by atoms with Crippen molar-refractivity contribution in [3.63, 3.8) is 0 Å². The van der Waals surface area contributed by atoms with Crippen LogP contribution in [0, 0.1) is 0 Å². The highest BCUT2D eigenvalue weighted by Gasteiger charge is 2.24. The Bertz CT molecular complexity index is 508. The van der Waals surface area contributed by atoms with Crippen LogP contribution in [0.25, 0.3) is 0 Å². The average molecular weight is 259 g/mol. The molecule has 0 aliphatic carbocycles. The first-order valence-corrected chi connectivity index (χ1v) is 7.62. The minimum Gasteiger partial charge on any atom is -0.199 e. The molecule has 0 fully saturated rings. The van der Waals surface area contributed by atoms with Crippen LogP contribution in [0.5, 0.6) is 0 Å². The molecule has 6 heteroatoms. The van der Waals surface area contributed by atoms with Gasteiger partial charge in [-0.1, -0.05) is 42.6 Å². The van der Waals surface area contributed by atoms with Gasteiger partial charge in [0.2, 0.25) is 0 Å². The van der Waals surface area contributed by atoms with Crippen LogP contribution in [0.3, 0.4) is 0 Å². The summed E-state index contributed by atoms with van der Waals surface area (Å²) < 4.78 is 27.9. The molecule has 0 radical (unpaired) electrons. The lowest BCUT2D eigenvalue weighted by molar-refractivity contribution is 0.596. The highest BCUT2D eigenvalue weighted by atomic mass is 32.2. The smallest absolute Gasteiger partial charge is 0.199 e. The van der Waals surface area contributed by atoms with E-state index >= 15 is 0 Å². The Labute approximate surface area is 97.4 Å². The Morgan fingerprint density at radius 2 is 2.13 bits per heavy atom. The maximum atomic E-state index is 11.7. The van der Waals surface area contributed by atoms with Gasteiger partial charge in [-0.25, -0.2) is 0 Å². The summed E-state index contributed by atoms with van der Waals surface area (Å²) in [7, 11) is -3.47. The summed E-state index contributed by atoms with van der Waals surface area (Å²) in [5.41, 5.74) is 0. The topological polar surface area (TPSA) is 46.5 Å². The number of hydrogen-bond donors (Lipinski definition) is 0. The monoisotopic (exact) mass is 259 g/mol. The van der Waals surface area contributed by atoms with E-state index in [1.54, 1.807) is 12.1 Å². The number of hydrogen-bond acceptors (Lipinski definition) is 4. The van der Waals surface area contributed by atoms with Crippen molar-refractivity contribution in [2.45, 2.75) is 16.7 Å². The van der Waals surface area contributed by atoms with E-state index in [0.717, 1.165) is 10.6 Å². The largest absolute Gasteiger partial charge is 0.284 e. The molecule has 3 nitrogen and oxygen atoms in total. The lowest BCUT2D eigenvalue weighted by Gasteiger charge is -2.13. The fourth-order valence-electron chi connectivity index (χ4n) is 1.19. The number of rotatable bonds is 1. The maximum absolute atomic E-state index is 11.7. The molecule has 0 amide bonds. The van der Waals surface area contributed by atoms with Gasteiger partial charge in [-0.3, -0.25) is 0 Å². The zero-order chi connectivity index (χ0) is 10.9. The fourth-order valence-corrected chi connectivity index (χ4v) is 5.05. The third-order valence-electron chi connectivity index (χ3n) is 1.79. The summed E-state index contributed by atoms with van der Waals surface area (Å²) in [5.74, 6) is 0.823. The Hall–Kier alpha value is -0.460. The van der Waals surface area contributed by atoms with E-state index in [4.69, 9.17) is 0 Å². The summed E-state index contributed by atoms with van der Waals surface area (Å²) in [6, 6.07) is 6.95. The molecule has 15 heavy (non-hydrogen) atoms. The van der Waals surface area contributed by atoms with Gasteiger partial charge in [-0.05, 0) is 17.9 Å². The van der Waals surface area contributed by atoms with Crippen LogP contribution in [0.1, 0.15) is 6.92 Å². The molecular formula is C9H9NO2S3. The van der Waals surface area contributed by atoms with Crippen molar-refractivity contribution in [1.82, 2.24) is 0 Å². The number of fused-ring (bicyclic) bond motifs is 1. The highest BCUT2D eigenvalue weighted by molar-refractivity contribution is 8.39. The molecule has 1 aliphatic rings. The van der Waals surface area contributed by atoms with Gasteiger partial charge in [-0.15, -0.1) is 4.40 Å². The molecular weight excluding hydrogens is 250 g/mol. The Kier molecular flexibility index (Phi) is 3.08. The summed E-state index contributed by atoms with van der Waals surface area (Å²) in [6.45, 7) is 1.97. The van der Waals surface area contributed by atoms with E-state index in [2.05, 4.69) is 4.40 Å². The van der Waals surface area contributed by atoms with Gasteiger partial charge < -0.3 is 0 Å². The van der Waals surface area contributed by atoms with Crippen molar-refractivity contribution >= 4 is 37.9 Å². The molecule has 1 aromatic rings. The van der Waals surface area contributed by atoms with Gasteiger partial charge in [0, 0.05) is 4.90 Å². The van der Waals surface area contributed by atoms with Crippen LogP contribution >= 0.6 is 23.5 Å². The van der Waals surface area contributed by atoms with E-state index in [1.807, 2.05) is 19.1 Å². The number of benzene rings is 1. The lowest BCUT2D eigenvalue weighted by Crippen LogP contribution is -2.07. The standard InChI is InChI=1S/C9H9NO2S3/c1-2-13-9-10-15(11,12)8-6-4-3-5-7(8)14-9/h3-6H,2H2,1H3. The van der Waals surface area contributed by atoms with E-state index in [1.165, 1.54) is 23.5 Å². The molecule has 1 aliphatic heterocycles. The molecule has 0 aromatic heterocycles. The minimum atomic E-state index is -3.47. The maximum Gasteiger partial charge on any atom is 0.284 e. The number of sulfonamides is 1. The summed E-state index contributed by atoms with van der Waals surface area (Å²) >= 11 is 2.87. The zero-order valence-corrected chi connectivity index (χ0v) is 10.5. The molecule has 0 spiro atoms. The fraction of sp³-hybridized carbons (Fsp3) is 0.222. The first-order valence-electron chi connectivity index (χ1n) is 4.38. The molecule has 0 N–H and O–H groups in total.